The van der Waals surface area contributed by atoms with Crippen LogP contribution in [-0.4, -0.2) is 63.5 Å². The summed E-state index contributed by atoms with van der Waals surface area (Å²) in [6, 6.07) is 99.1. The Balaban J connectivity index is 0.758. The Kier molecular flexibility index (Phi) is 13.7. The van der Waals surface area contributed by atoms with Crippen molar-refractivity contribution in [3.05, 3.63) is 332 Å². The minimum absolute atomic E-state index is 0.200. The van der Waals surface area contributed by atoms with Crippen LogP contribution in [0.4, 0.5) is 0 Å². The van der Waals surface area contributed by atoms with E-state index in [4.69, 9.17) is 49.8 Å². The van der Waals surface area contributed by atoms with E-state index in [1.165, 1.54) is 44.5 Å². The molecule has 107 heavy (non-hydrogen) atoms. The molecule has 21 rings (SSSR count). The van der Waals surface area contributed by atoms with Crippen LogP contribution in [0.3, 0.4) is 0 Å². The predicted octanol–water partition coefficient (Wildman–Crippen LogP) is 21.7. The lowest BCUT2D eigenvalue weighted by Crippen LogP contribution is -2.15. The Morgan fingerprint density at radius 1 is 0.262 bits per heavy atom. The maximum atomic E-state index is 5.82. The average molecular weight is 1370 g/mol. The van der Waals surface area contributed by atoms with E-state index < -0.39 is 0 Å². The van der Waals surface area contributed by atoms with Gasteiger partial charge < -0.3 is 0 Å². The number of fused-ring (bicyclic) bond motifs is 12. The van der Waals surface area contributed by atoms with Crippen LogP contribution in [0.25, 0.3) is 185 Å². The van der Waals surface area contributed by atoms with Gasteiger partial charge in [0.15, 0.2) is 28.2 Å². The van der Waals surface area contributed by atoms with Gasteiger partial charge in [0.2, 0.25) is 0 Å². The second-order valence-electron chi connectivity index (χ2n) is 28.9. The van der Waals surface area contributed by atoms with Crippen molar-refractivity contribution in [2.75, 3.05) is 0 Å². The number of imidazole rings is 2. The van der Waals surface area contributed by atoms with Crippen molar-refractivity contribution in [2.24, 2.45) is 0 Å². The van der Waals surface area contributed by atoms with Crippen molar-refractivity contribution in [1.29, 1.82) is 0 Å². The highest BCUT2D eigenvalue weighted by molar-refractivity contribution is 6.14. The fourth-order valence-electron chi connectivity index (χ4n) is 16.8. The first-order valence-corrected chi connectivity index (χ1v) is 36.1. The molecule has 2 aliphatic carbocycles. The molecule has 8 aromatic heterocycles. The molecule has 0 fully saturated rings. The summed E-state index contributed by atoms with van der Waals surface area (Å²) in [6.07, 6.45) is 8.73. The van der Waals surface area contributed by atoms with Gasteiger partial charge in [-0.05, 0) is 158 Å². The van der Waals surface area contributed by atoms with E-state index in [1.54, 1.807) is 24.8 Å². The molecular formula is C94H63N13. The zero-order valence-corrected chi connectivity index (χ0v) is 58.8. The molecule has 0 amide bonds. The Bertz CT molecular complexity index is 6740. The zero-order chi connectivity index (χ0) is 71.2. The van der Waals surface area contributed by atoms with Gasteiger partial charge in [0.05, 0.1) is 40.0 Å². The van der Waals surface area contributed by atoms with Crippen molar-refractivity contribution in [3.8, 4) is 129 Å². The summed E-state index contributed by atoms with van der Waals surface area (Å²) in [7, 11) is 0. The topological polar surface area (TPSA) is 144 Å². The first-order chi connectivity index (χ1) is 52.5. The number of hydrogen-bond donors (Lipinski definition) is 0. The van der Waals surface area contributed by atoms with Crippen LogP contribution < -0.4 is 0 Å². The minimum Gasteiger partial charge on any atom is -0.293 e. The number of hydrogen-bond acceptors (Lipinski definition) is 10. The van der Waals surface area contributed by atoms with Crippen molar-refractivity contribution in [2.45, 2.75) is 38.5 Å². The summed E-state index contributed by atoms with van der Waals surface area (Å²) in [5, 5.41) is 1.99. The highest BCUT2D eigenvalue weighted by Crippen LogP contribution is 2.52. The Labute approximate surface area is 615 Å². The molecule has 0 radical (unpaired) electrons. The molecule has 8 heterocycles. The van der Waals surface area contributed by atoms with E-state index in [1.807, 2.05) is 60.8 Å². The van der Waals surface area contributed by atoms with Gasteiger partial charge in [0, 0.05) is 96.8 Å². The summed E-state index contributed by atoms with van der Waals surface area (Å²) in [5.74, 6) is 1.27. The number of nitrogens with zero attached hydrogens (tertiary/aromatic N) is 13. The van der Waals surface area contributed by atoms with Crippen LogP contribution in [0.1, 0.15) is 49.9 Å². The highest BCUT2D eigenvalue weighted by Gasteiger charge is 2.37. The van der Waals surface area contributed by atoms with Gasteiger partial charge in [-0.15, -0.1) is 0 Å². The maximum Gasteiger partial charge on any atom is 0.199 e. The molecule has 0 N–H and O–H groups in total. The molecule has 0 unspecified atom stereocenters. The molecule has 11 aromatic carbocycles. The summed E-state index contributed by atoms with van der Waals surface area (Å²) < 4.78 is 6.33. The third-order valence-electron chi connectivity index (χ3n) is 22.0. The van der Waals surface area contributed by atoms with Crippen molar-refractivity contribution in [3.63, 3.8) is 0 Å². The lowest BCUT2D eigenvalue weighted by molar-refractivity contribution is 0.660. The maximum absolute atomic E-state index is 5.82. The molecule has 0 atom stereocenters. The standard InChI is InChI=1S/C94H63N13/c1-93(2)75-34-19-17-32-67(75)69-38-36-59(50-77(69)93)79-52-73(56-22-9-5-10-23-56)71-40-41-72-74(53-80(101-85(72)84(71)100-79)60-37-39-70-68-33-18-20-35-76(68)94(3,4)78(70)51-60)57-24-21-25-58(46-57)82-55-99-92-87(102-82)104-89(107(92)66-30-15-8-16-31-66)63-48-61(83-54-81-90(97-44-42-95-81)105(83)64-26-11-6-12-27-64)47-62(49-63)88-103-86-91(98-45-43-96-86)106(88)65-28-13-7-14-29-65/h5-55H,1-4H3. The molecule has 19 aromatic rings. The Hall–Kier alpha value is -14.0. The fourth-order valence-corrected chi connectivity index (χ4v) is 16.8. The molecular weight excluding hydrogens is 1310 g/mol. The predicted molar refractivity (Wildman–Crippen MR) is 429 cm³/mol. The van der Waals surface area contributed by atoms with Crippen LogP contribution in [0, 0.1) is 0 Å². The van der Waals surface area contributed by atoms with E-state index in [0.29, 0.717) is 39.9 Å². The smallest absolute Gasteiger partial charge is 0.199 e. The van der Waals surface area contributed by atoms with Crippen LogP contribution in [-0.2, 0) is 10.8 Å². The number of rotatable bonds is 11. The van der Waals surface area contributed by atoms with Gasteiger partial charge in [-0.2, -0.15) is 0 Å². The summed E-state index contributed by atoms with van der Waals surface area (Å²) >= 11 is 0. The number of benzene rings is 11. The van der Waals surface area contributed by atoms with Crippen molar-refractivity contribution >= 4 is 55.6 Å². The molecule has 0 bridgehead atoms. The van der Waals surface area contributed by atoms with Crippen LogP contribution in [0.2, 0.25) is 0 Å². The minimum atomic E-state index is -0.235. The quantitative estimate of drug-likeness (QED) is 0.115. The molecule has 0 saturated carbocycles. The fraction of sp³-hybridized carbons (Fsp3) is 0.0638. The number of para-hydroxylation sites is 3. The normalized spacial score (nSPS) is 13.2. The third kappa shape index (κ3) is 9.77. The van der Waals surface area contributed by atoms with E-state index in [9.17, 15) is 0 Å². The van der Waals surface area contributed by atoms with Gasteiger partial charge in [0.1, 0.15) is 17.2 Å². The van der Waals surface area contributed by atoms with Gasteiger partial charge in [-0.1, -0.05) is 216 Å². The van der Waals surface area contributed by atoms with Gasteiger partial charge >= 0.3 is 0 Å². The van der Waals surface area contributed by atoms with E-state index in [2.05, 4.69) is 266 Å². The molecule has 0 spiro atoms. The van der Waals surface area contributed by atoms with Gasteiger partial charge in [-0.25, -0.2) is 44.9 Å². The third-order valence-corrected chi connectivity index (χ3v) is 22.0. The highest BCUT2D eigenvalue weighted by atomic mass is 15.2. The second kappa shape index (κ2) is 23.8. The molecule has 2 aliphatic rings. The summed E-state index contributed by atoms with van der Waals surface area (Å²) in [6.45, 7) is 9.34. The summed E-state index contributed by atoms with van der Waals surface area (Å²) in [5.41, 5.74) is 30.7. The van der Waals surface area contributed by atoms with Crippen molar-refractivity contribution < 1.29 is 0 Å². The molecule has 13 nitrogen and oxygen atoms in total. The largest absolute Gasteiger partial charge is 0.293 e. The van der Waals surface area contributed by atoms with E-state index in [-0.39, 0.29) is 10.8 Å². The molecule has 0 saturated heterocycles. The SMILES string of the molecule is CC1(C)c2ccccc2-c2ccc(-c3cc(-c4ccccc4)c4ccc5c(-c6cccc(-c7cnc8c(n7)nc(-c7cc(-c9cc%10nccnc%10n9-c9ccccc9)cc(-c9nc%10nccnc%10n9-c9ccccc9)c7)n8-c7ccccc7)c6)cc(-c6ccc7c(c6)C(C)(C)c6ccccc6-7)nc5c4n3)cc21. The van der Waals surface area contributed by atoms with Crippen molar-refractivity contribution in [1.82, 2.24) is 63.5 Å². The van der Waals surface area contributed by atoms with Gasteiger partial charge in [0.25, 0.3) is 0 Å². The average Bonchev–Trinajstić information content (AvgIpc) is 1.73. The van der Waals surface area contributed by atoms with Crippen LogP contribution in [0.5, 0.6) is 0 Å². The van der Waals surface area contributed by atoms with Crippen LogP contribution >= 0.6 is 0 Å². The lowest BCUT2D eigenvalue weighted by atomic mass is 9.81. The molecule has 504 valence electrons. The van der Waals surface area contributed by atoms with Crippen LogP contribution in [0.15, 0.2) is 310 Å². The second-order valence-corrected chi connectivity index (χ2v) is 28.9. The summed E-state index contributed by atoms with van der Waals surface area (Å²) in [4.78, 5) is 52.7. The first kappa shape index (κ1) is 61.6. The number of aromatic nitrogens is 13. The molecule has 13 heteroatoms. The molecule has 0 aliphatic heterocycles. The van der Waals surface area contributed by atoms with Gasteiger partial charge in [-0.3, -0.25) is 18.7 Å². The van der Waals surface area contributed by atoms with E-state index in [0.717, 1.165) is 123 Å². The lowest BCUT2D eigenvalue weighted by Gasteiger charge is -2.22. The number of pyridine rings is 2. The monoisotopic (exact) mass is 1370 g/mol. The van der Waals surface area contributed by atoms with E-state index >= 15 is 0 Å². The Morgan fingerprint density at radius 2 is 0.701 bits per heavy atom. The Morgan fingerprint density at radius 3 is 1.29 bits per heavy atom. The zero-order valence-electron chi connectivity index (χ0n) is 58.8. The first-order valence-electron chi connectivity index (χ1n) is 36.1.